The molecule has 2 heteroatoms. The van der Waals surface area contributed by atoms with E-state index < -0.39 is 0 Å². The molecule has 2 nitrogen and oxygen atoms in total. The molecular formula is C11H18O2. The molecule has 1 spiro atoms. The largest absolute Gasteiger partial charge is 0.378 e. The van der Waals surface area contributed by atoms with Gasteiger partial charge in [0.25, 0.3) is 0 Å². The lowest BCUT2D eigenvalue weighted by atomic mass is 9.74. The molecule has 2 atom stereocenters. The second kappa shape index (κ2) is 3.43. The first-order chi connectivity index (χ1) is 6.27. The van der Waals surface area contributed by atoms with Gasteiger partial charge in [-0.1, -0.05) is 11.6 Å². The van der Waals surface area contributed by atoms with Crippen LogP contribution in [0.1, 0.15) is 26.2 Å². The molecule has 0 radical (unpaired) electrons. The minimum Gasteiger partial charge on any atom is -0.378 e. The average molecular weight is 182 g/mol. The molecular weight excluding hydrogens is 164 g/mol. The number of hydrogen-bond acceptors (Lipinski definition) is 2. The Morgan fingerprint density at radius 1 is 1.62 bits per heavy atom. The highest BCUT2D eigenvalue weighted by Gasteiger charge is 2.43. The maximum Gasteiger partial charge on any atom is 0.0917 e. The Balaban J connectivity index is 2.22. The zero-order chi connectivity index (χ0) is 9.31. The van der Waals surface area contributed by atoms with Gasteiger partial charge in [0.2, 0.25) is 0 Å². The van der Waals surface area contributed by atoms with Crippen LogP contribution in [0.15, 0.2) is 11.6 Å². The van der Waals surface area contributed by atoms with E-state index in [0.717, 1.165) is 13.2 Å². The van der Waals surface area contributed by atoms with Crippen LogP contribution in [0.25, 0.3) is 0 Å². The molecule has 0 N–H and O–H groups in total. The molecule has 0 bridgehead atoms. The lowest BCUT2D eigenvalue weighted by Gasteiger charge is -2.33. The van der Waals surface area contributed by atoms with Crippen molar-refractivity contribution in [3.8, 4) is 0 Å². The van der Waals surface area contributed by atoms with Crippen LogP contribution >= 0.6 is 0 Å². The van der Waals surface area contributed by atoms with Crippen molar-refractivity contribution >= 4 is 0 Å². The molecule has 0 amide bonds. The van der Waals surface area contributed by atoms with Gasteiger partial charge in [-0.05, 0) is 26.2 Å². The van der Waals surface area contributed by atoms with Gasteiger partial charge in [0.1, 0.15) is 0 Å². The molecule has 74 valence electrons. The lowest BCUT2D eigenvalue weighted by molar-refractivity contribution is 0.0381. The van der Waals surface area contributed by atoms with Crippen LogP contribution in [0, 0.1) is 5.41 Å². The van der Waals surface area contributed by atoms with Gasteiger partial charge in [-0.25, -0.2) is 0 Å². The molecule has 2 unspecified atom stereocenters. The van der Waals surface area contributed by atoms with Gasteiger partial charge in [0.15, 0.2) is 0 Å². The third-order valence-electron chi connectivity index (χ3n) is 3.31. The SMILES string of the molecule is COC1COCC12C=C(C)CCC2. The van der Waals surface area contributed by atoms with Crippen LogP contribution in [-0.4, -0.2) is 26.4 Å². The van der Waals surface area contributed by atoms with Crippen LogP contribution < -0.4 is 0 Å². The number of ether oxygens (including phenoxy) is 2. The van der Waals surface area contributed by atoms with E-state index in [4.69, 9.17) is 9.47 Å². The minimum absolute atomic E-state index is 0.205. The van der Waals surface area contributed by atoms with E-state index in [0.29, 0.717) is 0 Å². The summed E-state index contributed by atoms with van der Waals surface area (Å²) >= 11 is 0. The van der Waals surface area contributed by atoms with Gasteiger partial charge in [-0.3, -0.25) is 0 Å². The molecule has 1 fully saturated rings. The Morgan fingerprint density at radius 2 is 2.46 bits per heavy atom. The van der Waals surface area contributed by atoms with Gasteiger partial charge in [-0.2, -0.15) is 0 Å². The number of allylic oxidation sites excluding steroid dienone is 1. The lowest BCUT2D eigenvalue weighted by Crippen LogP contribution is -2.35. The highest BCUT2D eigenvalue weighted by molar-refractivity contribution is 5.16. The van der Waals surface area contributed by atoms with E-state index in [9.17, 15) is 0 Å². The minimum atomic E-state index is 0.205. The van der Waals surface area contributed by atoms with E-state index in [1.807, 2.05) is 0 Å². The van der Waals surface area contributed by atoms with Crippen molar-refractivity contribution in [2.45, 2.75) is 32.3 Å². The molecule has 0 aromatic rings. The van der Waals surface area contributed by atoms with Crippen LogP contribution in [-0.2, 0) is 9.47 Å². The van der Waals surface area contributed by atoms with Crippen molar-refractivity contribution in [3.63, 3.8) is 0 Å². The van der Waals surface area contributed by atoms with E-state index in [1.54, 1.807) is 7.11 Å². The second-order valence-electron chi connectivity index (χ2n) is 4.32. The van der Waals surface area contributed by atoms with Crippen LogP contribution in [0.3, 0.4) is 0 Å². The summed E-state index contributed by atoms with van der Waals surface area (Å²) in [6, 6.07) is 0. The topological polar surface area (TPSA) is 18.5 Å². The summed E-state index contributed by atoms with van der Waals surface area (Å²) in [5.74, 6) is 0. The summed E-state index contributed by atoms with van der Waals surface area (Å²) < 4.78 is 11.0. The monoisotopic (exact) mass is 182 g/mol. The first-order valence-electron chi connectivity index (χ1n) is 5.06. The molecule has 0 aromatic carbocycles. The Morgan fingerprint density at radius 3 is 3.15 bits per heavy atom. The average Bonchev–Trinajstić information content (AvgIpc) is 2.47. The molecule has 1 aliphatic carbocycles. The summed E-state index contributed by atoms with van der Waals surface area (Å²) in [6.07, 6.45) is 6.42. The summed E-state index contributed by atoms with van der Waals surface area (Å²) in [5.41, 5.74) is 1.70. The van der Waals surface area contributed by atoms with Crippen molar-refractivity contribution in [2.75, 3.05) is 20.3 Å². The number of hydrogen-bond donors (Lipinski definition) is 0. The fraction of sp³-hybridized carbons (Fsp3) is 0.818. The van der Waals surface area contributed by atoms with Gasteiger partial charge in [0, 0.05) is 12.5 Å². The zero-order valence-electron chi connectivity index (χ0n) is 8.51. The zero-order valence-corrected chi connectivity index (χ0v) is 8.51. The van der Waals surface area contributed by atoms with Gasteiger partial charge in [-0.15, -0.1) is 0 Å². The van der Waals surface area contributed by atoms with E-state index in [-0.39, 0.29) is 11.5 Å². The third-order valence-corrected chi connectivity index (χ3v) is 3.31. The van der Waals surface area contributed by atoms with Crippen LogP contribution in [0.4, 0.5) is 0 Å². The predicted molar refractivity (Wildman–Crippen MR) is 51.7 cm³/mol. The van der Waals surface area contributed by atoms with Gasteiger partial charge < -0.3 is 9.47 Å². The summed E-state index contributed by atoms with van der Waals surface area (Å²) in [6.45, 7) is 3.83. The van der Waals surface area contributed by atoms with Gasteiger partial charge in [0.05, 0.1) is 19.3 Å². The van der Waals surface area contributed by atoms with E-state index in [1.165, 1.54) is 24.8 Å². The summed E-state index contributed by atoms with van der Waals surface area (Å²) in [7, 11) is 1.79. The van der Waals surface area contributed by atoms with E-state index in [2.05, 4.69) is 13.0 Å². The Hall–Kier alpha value is -0.340. The maximum atomic E-state index is 5.52. The number of methoxy groups -OCH3 is 1. The van der Waals surface area contributed by atoms with Crippen molar-refractivity contribution in [1.29, 1.82) is 0 Å². The normalized spacial score (nSPS) is 39.5. The Kier molecular flexibility index (Phi) is 2.43. The van der Waals surface area contributed by atoms with Crippen molar-refractivity contribution in [3.05, 3.63) is 11.6 Å². The quantitative estimate of drug-likeness (QED) is 0.578. The maximum absolute atomic E-state index is 5.52. The molecule has 1 aliphatic heterocycles. The molecule has 2 aliphatic rings. The second-order valence-corrected chi connectivity index (χ2v) is 4.32. The van der Waals surface area contributed by atoms with Crippen LogP contribution in [0.2, 0.25) is 0 Å². The smallest absolute Gasteiger partial charge is 0.0917 e. The van der Waals surface area contributed by atoms with Crippen molar-refractivity contribution < 1.29 is 9.47 Å². The molecule has 0 aromatic heterocycles. The third kappa shape index (κ3) is 1.53. The van der Waals surface area contributed by atoms with E-state index >= 15 is 0 Å². The fourth-order valence-corrected chi connectivity index (χ4v) is 2.62. The van der Waals surface area contributed by atoms with Gasteiger partial charge >= 0.3 is 0 Å². The molecule has 1 saturated heterocycles. The Bertz CT molecular complexity index is 222. The first kappa shape index (κ1) is 9.22. The number of rotatable bonds is 1. The Labute approximate surface area is 79.9 Å². The standard InChI is InChI=1S/C11H18O2/c1-9-4-3-5-11(6-9)8-13-7-10(11)12-2/h6,10H,3-5,7-8H2,1-2H3. The van der Waals surface area contributed by atoms with Crippen molar-refractivity contribution in [1.82, 2.24) is 0 Å². The first-order valence-corrected chi connectivity index (χ1v) is 5.06. The predicted octanol–water partition coefficient (Wildman–Crippen LogP) is 2.15. The highest BCUT2D eigenvalue weighted by atomic mass is 16.5. The summed E-state index contributed by atoms with van der Waals surface area (Å²) in [5, 5.41) is 0. The molecule has 2 rings (SSSR count). The molecule has 1 heterocycles. The fourth-order valence-electron chi connectivity index (χ4n) is 2.62. The highest BCUT2D eigenvalue weighted by Crippen LogP contribution is 2.42. The summed E-state index contributed by atoms with van der Waals surface area (Å²) in [4.78, 5) is 0. The van der Waals surface area contributed by atoms with Crippen molar-refractivity contribution in [2.24, 2.45) is 5.41 Å². The molecule has 0 saturated carbocycles. The molecule has 13 heavy (non-hydrogen) atoms. The van der Waals surface area contributed by atoms with Crippen LogP contribution in [0.5, 0.6) is 0 Å².